The SMILES string of the molecule is COc1cccc(Cn2c(C(=O)NC3CCCCC3)cc3ccsc32)c1. The van der Waals surface area contributed by atoms with Crippen LogP contribution in [-0.4, -0.2) is 23.6 Å². The molecule has 0 atom stereocenters. The molecule has 1 N–H and O–H groups in total. The number of fused-ring (bicyclic) bond motifs is 1. The molecule has 0 saturated heterocycles. The van der Waals surface area contributed by atoms with E-state index in [1.54, 1.807) is 18.4 Å². The van der Waals surface area contributed by atoms with Crippen molar-refractivity contribution in [2.24, 2.45) is 0 Å². The van der Waals surface area contributed by atoms with Crippen molar-refractivity contribution in [1.82, 2.24) is 9.88 Å². The molecule has 2 aromatic heterocycles. The van der Waals surface area contributed by atoms with Crippen molar-refractivity contribution >= 4 is 27.5 Å². The van der Waals surface area contributed by atoms with Gasteiger partial charge in [0, 0.05) is 18.0 Å². The zero-order chi connectivity index (χ0) is 17.9. The van der Waals surface area contributed by atoms with Crippen LogP contribution in [0.3, 0.4) is 0 Å². The average molecular weight is 369 g/mol. The monoisotopic (exact) mass is 368 g/mol. The second kappa shape index (κ2) is 7.54. The maximum atomic E-state index is 13.0. The Bertz CT molecular complexity index is 906. The second-order valence-electron chi connectivity index (χ2n) is 6.96. The number of carbonyl (C=O) groups excluding carboxylic acids is 1. The Labute approximate surface area is 157 Å². The van der Waals surface area contributed by atoms with Gasteiger partial charge in [-0.3, -0.25) is 4.79 Å². The maximum absolute atomic E-state index is 13.0. The number of rotatable bonds is 5. The average Bonchev–Trinajstić information content (AvgIpc) is 3.25. The van der Waals surface area contributed by atoms with Crippen LogP contribution < -0.4 is 10.1 Å². The van der Waals surface area contributed by atoms with Crippen molar-refractivity contribution in [3.05, 3.63) is 53.0 Å². The molecule has 5 heteroatoms. The molecule has 1 amide bonds. The van der Waals surface area contributed by atoms with E-state index in [1.807, 2.05) is 24.3 Å². The van der Waals surface area contributed by atoms with Crippen LogP contribution >= 0.6 is 11.3 Å². The predicted octanol–water partition coefficient (Wildman–Crippen LogP) is 4.82. The molecule has 0 unspecified atom stereocenters. The van der Waals surface area contributed by atoms with Gasteiger partial charge in [-0.1, -0.05) is 31.4 Å². The first-order valence-corrected chi connectivity index (χ1v) is 10.1. The molecule has 3 aromatic rings. The highest BCUT2D eigenvalue weighted by Gasteiger charge is 2.21. The Balaban J connectivity index is 1.63. The number of hydrogen-bond donors (Lipinski definition) is 1. The molecule has 1 aliphatic carbocycles. The number of ether oxygens (including phenoxy) is 1. The van der Waals surface area contributed by atoms with Gasteiger partial charge in [-0.15, -0.1) is 11.3 Å². The van der Waals surface area contributed by atoms with E-state index in [-0.39, 0.29) is 5.91 Å². The van der Waals surface area contributed by atoms with Gasteiger partial charge in [-0.2, -0.15) is 0 Å². The highest BCUT2D eigenvalue weighted by Crippen LogP contribution is 2.27. The van der Waals surface area contributed by atoms with Crippen molar-refractivity contribution in [3.63, 3.8) is 0 Å². The molecule has 4 rings (SSSR count). The van der Waals surface area contributed by atoms with Gasteiger partial charge >= 0.3 is 0 Å². The normalized spacial score (nSPS) is 15.3. The minimum absolute atomic E-state index is 0.0446. The van der Waals surface area contributed by atoms with E-state index in [2.05, 4.69) is 27.4 Å². The van der Waals surface area contributed by atoms with Crippen LogP contribution in [0.5, 0.6) is 5.75 Å². The van der Waals surface area contributed by atoms with Gasteiger partial charge in [0.05, 0.1) is 7.11 Å². The fourth-order valence-electron chi connectivity index (χ4n) is 3.78. The third-order valence-corrected chi connectivity index (χ3v) is 6.10. The summed E-state index contributed by atoms with van der Waals surface area (Å²) in [5.74, 6) is 0.883. The van der Waals surface area contributed by atoms with Gasteiger partial charge in [0.2, 0.25) is 0 Å². The van der Waals surface area contributed by atoms with Gasteiger partial charge in [0.1, 0.15) is 16.3 Å². The van der Waals surface area contributed by atoms with E-state index in [9.17, 15) is 4.79 Å². The van der Waals surface area contributed by atoms with Crippen LogP contribution in [-0.2, 0) is 6.54 Å². The van der Waals surface area contributed by atoms with Crippen molar-refractivity contribution < 1.29 is 9.53 Å². The van der Waals surface area contributed by atoms with E-state index in [4.69, 9.17) is 4.74 Å². The molecule has 1 aliphatic rings. The smallest absolute Gasteiger partial charge is 0.268 e. The third kappa shape index (κ3) is 3.49. The van der Waals surface area contributed by atoms with E-state index in [0.717, 1.165) is 40.1 Å². The summed E-state index contributed by atoms with van der Waals surface area (Å²) in [5.41, 5.74) is 1.88. The van der Waals surface area contributed by atoms with Crippen LogP contribution in [0.25, 0.3) is 10.2 Å². The lowest BCUT2D eigenvalue weighted by Gasteiger charge is -2.23. The number of nitrogens with zero attached hydrogens (tertiary/aromatic N) is 1. The summed E-state index contributed by atoms with van der Waals surface area (Å²) in [4.78, 5) is 14.1. The number of aromatic nitrogens is 1. The van der Waals surface area contributed by atoms with E-state index in [0.29, 0.717) is 12.6 Å². The molecular formula is C21H24N2O2S. The number of nitrogens with one attached hydrogen (secondary N) is 1. The summed E-state index contributed by atoms with van der Waals surface area (Å²) in [6, 6.07) is 12.5. The van der Waals surface area contributed by atoms with Gasteiger partial charge in [0.25, 0.3) is 5.91 Å². The number of hydrogen-bond acceptors (Lipinski definition) is 3. The molecule has 4 nitrogen and oxygen atoms in total. The molecule has 1 aromatic carbocycles. The molecule has 1 saturated carbocycles. The number of carbonyl (C=O) groups is 1. The summed E-state index contributed by atoms with van der Waals surface area (Å²) in [5, 5.41) is 6.46. The first-order chi connectivity index (χ1) is 12.7. The zero-order valence-electron chi connectivity index (χ0n) is 15.0. The van der Waals surface area contributed by atoms with Crippen LogP contribution in [0, 0.1) is 0 Å². The minimum Gasteiger partial charge on any atom is -0.497 e. The molecular weight excluding hydrogens is 344 g/mol. The van der Waals surface area contributed by atoms with Crippen LogP contribution in [0.1, 0.15) is 48.2 Å². The Kier molecular flexibility index (Phi) is 4.98. The largest absolute Gasteiger partial charge is 0.497 e. The lowest BCUT2D eigenvalue weighted by atomic mass is 9.95. The topological polar surface area (TPSA) is 43.3 Å². The van der Waals surface area contributed by atoms with Gasteiger partial charge in [-0.25, -0.2) is 0 Å². The molecule has 0 bridgehead atoms. The molecule has 0 radical (unpaired) electrons. The van der Waals surface area contributed by atoms with Gasteiger partial charge < -0.3 is 14.6 Å². The van der Waals surface area contributed by atoms with Crippen LogP contribution in [0.4, 0.5) is 0 Å². The first-order valence-electron chi connectivity index (χ1n) is 9.25. The fourth-order valence-corrected chi connectivity index (χ4v) is 4.68. The van der Waals surface area contributed by atoms with E-state index in [1.165, 1.54) is 19.3 Å². The Hall–Kier alpha value is -2.27. The maximum Gasteiger partial charge on any atom is 0.268 e. The zero-order valence-corrected chi connectivity index (χ0v) is 15.8. The quantitative estimate of drug-likeness (QED) is 0.701. The van der Waals surface area contributed by atoms with E-state index < -0.39 is 0 Å². The Morgan fingerprint density at radius 2 is 2.08 bits per heavy atom. The van der Waals surface area contributed by atoms with Gasteiger partial charge in [0.15, 0.2) is 0 Å². The van der Waals surface area contributed by atoms with Crippen molar-refractivity contribution in [2.45, 2.75) is 44.7 Å². The summed E-state index contributed by atoms with van der Waals surface area (Å²) < 4.78 is 7.47. The van der Waals surface area contributed by atoms with Gasteiger partial charge in [-0.05, 0) is 48.1 Å². The number of amides is 1. The van der Waals surface area contributed by atoms with Crippen molar-refractivity contribution in [2.75, 3.05) is 7.11 Å². The molecule has 0 spiro atoms. The molecule has 1 fully saturated rings. The Morgan fingerprint density at radius 1 is 1.23 bits per heavy atom. The molecule has 0 aliphatic heterocycles. The predicted molar refractivity (Wildman–Crippen MR) is 106 cm³/mol. The van der Waals surface area contributed by atoms with E-state index >= 15 is 0 Å². The van der Waals surface area contributed by atoms with Crippen molar-refractivity contribution in [1.29, 1.82) is 0 Å². The molecule has 2 heterocycles. The highest BCUT2D eigenvalue weighted by molar-refractivity contribution is 7.16. The highest BCUT2D eigenvalue weighted by atomic mass is 32.1. The molecule has 26 heavy (non-hydrogen) atoms. The standard InChI is InChI=1S/C21H24N2O2S/c1-25-18-9-5-6-15(12-18)14-23-19(13-16-10-11-26-21(16)23)20(24)22-17-7-3-2-4-8-17/h5-6,9-13,17H,2-4,7-8,14H2,1H3,(H,22,24). The van der Waals surface area contributed by atoms with Crippen LogP contribution in [0.2, 0.25) is 0 Å². The summed E-state index contributed by atoms with van der Waals surface area (Å²) >= 11 is 1.68. The number of methoxy groups -OCH3 is 1. The lowest BCUT2D eigenvalue weighted by Crippen LogP contribution is -2.37. The third-order valence-electron chi connectivity index (χ3n) is 5.15. The molecule has 136 valence electrons. The summed E-state index contributed by atoms with van der Waals surface area (Å²) in [6.45, 7) is 0.661. The Morgan fingerprint density at radius 3 is 2.88 bits per heavy atom. The summed E-state index contributed by atoms with van der Waals surface area (Å²) in [6.07, 6.45) is 5.90. The second-order valence-corrected chi connectivity index (χ2v) is 7.85. The number of benzene rings is 1. The lowest BCUT2D eigenvalue weighted by molar-refractivity contribution is 0.0919. The minimum atomic E-state index is 0.0446. The van der Waals surface area contributed by atoms with Crippen LogP contribution in [0.15, 0.2) is 41.8 Å². The number of thiophene rings is 1. The summed E-state index contributed by atoms with van der Waals surface area (Å²) in [7, 11) is 1.68. The van der Waals surface area contributed by atoms with Crippen molar-refractivity contribution in [3.8, 4) is 5.75 Å². The first kappa shape index (κ1) is 17.2. The fraction of sp³-hybridized carbons (Fsp3) is 0.381.